The maximum absolute atomic E-state index is 13.6. The van der Waals surface area contributed by atoms with Crippen molar-refractivity contribution in [1.29, 1.82) is 0 Å². The fourth-order valence-corrected chi connectivity index (χ4v) is 5.27. The van der Waals surface area contributed by atoms with Crippen LogP contribution in [0.1, 0.15) is 24.1 Å². The maximum Gasteiger partial charge on any atom is 0.243 e. The maximum atomic E-state index is 13.6. The van der Waals surface area contributed by atoms with Gasteiger partial charge >= 0.3 is 0 Å². The zero-order chi connectivity index (χ0) is 26.1. The van der Waals surface area contributed by atoms with Crippen LogP contribution in [0.2, 0.25) is 0 Å². The van der Waals surface area contributed by atoms with Gasteiger partial charge in [-0.2, -0.15) is 4.31 Å². The lowest BCUT2D eigenvalue weighted by Gasteiger charge is -2.24. The van der Waals surface area contributed by atoms with Crippen molar-refractivity contribution in [3.05, 3.63) is 83.9 Å². The Bertz CT molecular complexity index is 1260. The Hall–Kier alpha value is -3.56. The number of methoxy groups -OCH3 is 3. The van der Waals surface area contributed by atoms with Crippen LogP contribution in [0, 0.1) is 0 Å². The molecule has 0 saturated carbocycles. The van der Waals surface area contributed by atoms with Crippen molar-refractivity contribution in [2.45, 2.75) is 24.3 Å². The van der Waals surface area contributed by atoms with Gasteiger partial charge < -0.3 is 19.5 Å². The molecule has 1 atom stereocenters. The second kappa shape index (κ2) is 12.4. The predicted octanol–water partition coefficient (Wildman–Crippen LogP) is 3.82. The number of para-hydroxylation sites is 1. The van der Waals surface area contributed by atoms with Crippen LogP contribution in [-0.2, 0) is 21.2 Å². The molecular weight excluding hydrogens is 480 g/mol. The molecule has 0 aliphatic carbocycles. The monoisotopic (exact) mass is 512 g/mol. The fraction of sp³-hybridized carbons (Fsp3) is 0.296. The first kappa shape index (κ1) is 27.0. The van der Waals surface area contributed by atoms with Gasteiger partial charge in [-0.15, -0.1) is 0 Å². The number of carbonyl (C=O) groups excluding carboxylic acids is 1. The molecule has 192 valence electrons. The van der Waals surface area contributed by atoms with Crippen LogP contribution in [0.3, 0.4) is 0 Å². The lowest BCUT2D eigenvalue weighted by Crippen LogP contribution is -2.42. The molecule has 8 nitrogen and oxygen atoms in total. The normalized spacial score (nSPS) is 12.1. The first-order valence-electron chi connectivity index (χ1n) is 11.5. The van der Waals surface area contributed by atoms with Gasteiger partial charge in [-0.3, -0.25) is 4.79 Å². The van der Waals surface area contributed by atoms with E-state index in [4.69, 9.17) is 14.2 Å². The van der Waals surface area contributed by atoms with Gasteiger partial charge in [-0.05, 0) is 37.1 Å². The Morgan fingerprint density at radius 3 is 2.17 bits per heavy atom. The average Bonchev–Trinajstić information content (AvgIpc) is 2.90. The Morgan fingerprint density at radius 2 is 1.50 bits per heavy atom. The highest BCUT2D eigenvalue weighted by Gasteiger charge is 2.28. The van der Waals surface area contributed by atoms with E-state index >= 15 is 0 Å². The minimum absolute atomic E-state index is 0.0128. The van der Waals surface area contributed by atoms with E-state index in [0.29, 0.717) is 17.9 Å². The van der Waals surface area contributed by atoms with E-state index in [1.54, 1.807) is 7.11 Å². The Morgan fingerprint density at radius 1 is 0.861 bits per heavy atom. The number of benzene rings is 3. The summed E-state index contributed by atoms with van der Waals surface area (Å²) in [5.74, 6) is 0.918. The summed E-state index contributed by atoms with van der Waals surface area (Å²) in [6, 6.07) is 20.9. The van der Waals surface area contributed by atoms with Crippen LogP contribution in [0.25, 0.3) is 0 Å². The van der Waals surface area contributed by atoms with Gasteiger partial charge in [0.1, 0.15) is 5.75 Å². The number of ether oxygens (including phenoxy) is 3. The number of hydrogen-bond acceptors (Lipinski definition) is 6. The summed E-state index contributed by atoms with van der Waals surface area (Å²) in [4.78, 5) is 13.1. The summed E-state index contributed by atoms with van der Waals surface area (Å²) in [5.41, 5.74) is 1.76. The van der Waals surface area contributed by atoms with Crippen LogP contribution in [0.5, 0.6) is 17.2 Å². The van der Waals surface area contributed by atoms with Crippen molar-refractivity contribution in [3.63, 3.8) is 0 Å². The van der Waals surface area contributed by atoms with E-state index in [9.17, 15) is 13.2 Å². The molecule has 0 aromatic heterocycles. The zero-order valence-corrected chi connectivity index (χ0v) is 21.7. The third-order valence-corrected chi connectivity index (χ3v) is 7.63. The van der Waals surface area contributed by atoms with Gasteiger partial charge in [0.05, 0.1) is 38.8 Å². The molecule has 0 saturated heterocycles. The van der Waals surface area contributed by atoms with Gasteiger partial charge in [0.15, 0.2) is 11.5 Å². The molecule has 1 amide bonds. The van der Waals surface area contributed by atoms with Gasteiger partial charge in [-0.1, -0.05) is 48.5 Å². The first-order chi connectivity index (χ1) is 17.3. The Kier molecular flexibility index (Phi) is 9.32. The molecule has 0 bridgehead atoms. The number of nitrogens with zero attached hydrogens (tertiary/aromatic N) is 1. The van der Waals surface area contributed by atoms with Crippen LogP contribution < -0.4 is 19.5 Å². The number of carbonyl (C=O) groups is 1. The number of nitrogens with one attached hydrogen (secondary N) is 1. The molecule has 0 radical (unpaired) electrons. The molecule has 9 heteroatoms. The third kappa shape index (κ3) is 6.56. The zero-order valence-electron chi connectivity index (χ0n) is 20.9. The molecule has 0 aliphatic heterocycles. The van der Waals surface area contributed by atoms with Crippen LogP contribution in [-0.4, -0.2) is 53.0 Å². The van der Waals surface area contributed by atoms with Gasteiger partial charge in [0.2, 0.25) is 15.9 Å². The molecule has 3 rings (SSSR count). The van der Waals surface area contributed by atoms with Crippen molar-refractivity contribution in [1.82, 2.24) is 9.62 Å². The highest BCUT2D eigenvalue weighted by atomic mass is 32.2. The van der Waals surface area contributed by atoms with Crippen LogP contribution >= 0.6 is 0 Å². The summed E-state index contributed by atoms with van der Waals surface area (Å²) >= 11 is 0. The molecule has 0 fully saturated rings. The van der Waals surface area contributed by atoms with Crippen molar-refractivity contribution in [2.24, 2.45) is 0 Å². The van der Waals surface area contributed by atoms with Gasteiger partial charge in [-0.25, -0.2) is 8.42 Å². The SMILES string of the molecule is COc1ccc(S(=O)(=O)N(CCc2ccccc2)CC(=O)NC(C)c2ccccc2OC)cc1OC. The predicted molar refractivity (Wildman–Crippen MR) is 138 cm³/mol. The average molecular weight is 513 g/mol. The molecule has 0 heterocycles. The molecule has 1 N–H and O–H groups in total. The standard InChI is InChI=1S/C27H32N2O6S/c1-20(23-12-8-9-13-24(23)33-2)28-27(30)19-29(17-16-21-10-6-5-7-11-21)36(31,32)22-14-15-25(34-3)26(18-22)35-4/h5-15,18,20H,16-17,19H2,1-4H3,(H,28,30). The largest absolute Gasteiger partial charge is 0.496 e. The molecular formula is C27H32N2O6S. The molecule has 36 heavy (non-hydrogen) atoms. The topological polar surface area (TPSA) is 94.2 Å². The van der Waals surface area contributed by atoms with E-state index < -0.39 is 15.9 Å². The molecule has 0 spiro atoms. The summed E-state index contributed by atoms with van der Waals surface area (Å²) in [5, 5.41) is 2.89. The van der Waals surface area contributed by atoms with Crippen LogP contribution in [0.4, 0.5) is 0 Å². The smallest absolute Gasteiger partial charge is 0.243 e. The molecule has 1 unspecified atom stereocenters. The van der Waals surface area contributed by atoms with Crippen LogP contribution in [0.15, 0.2) is 77.7 Å². The lowest BCUT2D eigenvalue weighted by molar-refractivity contribution is -0.121. The van der Waals surface area contributed by atoms with E-state index in [2.05, 4.69) is 5.32 Å². The van der Waals surface area contributed by atoms with Crippen molar-refractivity contribution >= 4 is 15.9 Å². The summed E-state index contributed by atoms with van der Waals surface area (Å²) in [6.07, 6.45) is 0.447. The highest BCUT2D eigenvalue weighted by molar-refractivity contribution is 7.89. The molecule has 3 aromatic rings. The van der Waals surface area contributed by atoms with Crippen molar-refractivity contribution in [2.75, 3.05) is 34.4 Å². The fourth-order valence-electron chi connectivity index (χ4n) is 3.86. The Labute approximate surface area is 212 Å². The van der Waals surface area contributed by atoms with Gasteiger partial charge in [0.25, 0.3) is 0 Å². The molecule has 3 aromatic carbocycles. The second-order valence-corrected chi connectivity index (χ2v) is 10.1. The summed E-state index contributed by atoms with van der Waals surface area (Å²) < 4.78 is 44.4. The second-order valence-electron chi connectivity index (χ2n) is 8.12. The summed E-state index contributed by atoms with van der Waals surface area (Å²) in [7, 11) is 0.455. The first-order valence-corrected chi connectivity index (χ1v) is 12.9. The van der Waals surface area contributed by atoms with Crippen molar-refractivity contribution in [3.8, 4) is 17.2 Å². The minimum atomic E-state index is -4.02. The van der Waals surface area contributed by atoms with E-state index in [1.807, 2.05) is 61.5 Å². The van der Waals surface area contributed by atoms with Crippen molar-refractivity contribution < 1.29 is 27.4 Å². The van der Waals surface area contributed by atoms with Gasteiger partial charge in [0, 0.05) is 18.2 Å². The van der Waals surface area contributed by atoms with E-state index in [0.717, 1.165) is 11.1 Å². The molecule has 0 aliphatic rings. The number of rotatable bonds is 12. The quantitative estimate of drug-likeness (QED) is 0.397. The number of amides is 1. The Balaban J connectivity index is 1.85. The van der Waals surface area contributed by atoms with E-state index in [1.165, 1.54) is 36.7 Å². The summed E-state index contributed by atoms with van der Waals surface area (Å²) in [6.45, 7) is 1.60. The third-order valence-electron chi connectivity index (χ3n) is 5.79. The van der Waals surface area contributed by atoms with E-state index in [-0.39, 0.29) is 29.8 Å². The lowest BCUT2D eigenvalue weighted by atomic mass is 10.1. The number of hydrogen-bond donors (Lipinski definition) is 1. The number of sulfonamides is 1. The highest BCUT2D eigenvalue weighted by Crippen LogP contribution is 2.31. The minimum Gasteiger partial charge on any atom is -0.496 e.